The third-order valence-corrected chi connectivity index (χ3v) is 11.0. The highest BCUT2D eigenvalue weighted by Crippen LogP contribution is 2.59. The number of rotatable bonds is 8. The van der Waals surface area contributed by atoms with Gasteiger partial charge < -0.3 is 9.47 Å². The Balaban J connectivity index is 1.32. The monoisotopic (exact) mass is 594 g/mol. The summed E-state index contributed by atoms with van der Waals surface area (Å²) in [5.74, 6) is 4.27. The molecule has 0 bridgehead atoms. The van der Waals surface area contributed by atoms with Crippen LogP contribution in [0.15, 0.2) is 121 Å². The SMILES string of the molecule is c1ccc2c3c(ccc2c1)C(c1ccc(OCC2CS2)cc1)(c1ccc(OCC2CS2)cc1)c1c-3ccc2ccccc12. The first kappa shape index (κ1) is 25.6. The highest BCUT2D eigenvalue weighted by atomic mass is 32.2. The van der Waals surface area contributed by atoms with Crippen molar-refractivity contribution in [1.82, 2.24) is 0 Å². The predicted molar refractivity (Wildman–Crippen MR) is 182 cm³/mol. The molecule has 0 spiro atoms. The van der Waals surface area contributed by atoms with Crippen LogP contribution in [0.3, 0.4) is 0 Å². The molecule has 6 aromatic rings. The molecule has 43 heavy (non-hydrogen) atoms. The van der Waals surface area contributed by atoms with Gasteiger partial charge >= 0.3 is 0 Å². The van der Waals surface area contributed by atoms with Gasteiger partial charge in [-0.05, 0) is 79.2 Å². The van der Waals surface area contributed by atoms with Crippen molar-refractivity contribution in [3.63, 3.8) is 0 Å². The predicted octanol–water partition coefficient (Wildman–Crippen LogP) is 9.34. The zero-order chi connectivity index (χ0) is 28.4. The van der Waals surface area contributed by atoms with Crippen LogP contribution in [0, 0.1) is 0 Å². The lowest BCUT2D eigenvalue weighted by molar-refractivity contribution is 0.329. The molecule has 0 amide bonds. The third kappa shape index (κ3) is 4.26. The first-order chi connectivity index (χ1) is 21.3. The molecule has 210 valence electrons. The molecule has 2 fully saturated rings. The van der Waals surface area contributed by atoms with Crippen molar-refractivity contribution in [2.45, 2.75) is 15.9 Å². The van der Waals surface area contributed by atoms with Gasteiger partial charge in [-0.2, -0.15) is 23.5 Å². The molecular formula is C39H30O2S2. The molecule has 2 aliphatic heterocycles. The van der Waals surface area contributed by atoms with Crippen molar-refractivity contribution < 1.29 is 9.47 Å². The summed E-state index contributed by atoms with van der Waals surface area (Å²) >= 11 is 3.93. The Bertz CT molecular complexity index is 1930. The Labute approximate surface area is 260 Å². The van der Waals surface area contributed by atoms with Crippen LogP contribution in [-0.2, 0) is 5.41 Å². The fourth-order valence-corrected chi connectivity index (χ4v) is 7.76. The maximum absolute atomic E-state index is 6.18. The summed E-state index contributed by atoms with van der Waals surface area (Å²) in [6, 6.07) is 44.8. The molecule has 0 aromatic heterocycles. The van der Waals surface area contributed by atoms with Gasteiger partial charge in [0.05, 0.1) is 5.41 Å². The molecule has 2 nitrogen and oxygen atoms in total. The second kappa shape index (κ2) is 10.1. The molecule has 2 heterocycles. The van der Waals surface area contributed by atoms with Crippen molar-refractivity contribution in [3.8, 4) is 22.6 Å². The van der Waals surface area contributed by atoms with E-state index in [1.54, 1.807) is 0 Å². The summed E-state index contributed by atoms with van der Waals surface area (Å²) in [6.07, 6.45) is 0. The Morgan fingerprint density at radius 2 is 1.07 bits per heavy atom. The molecule has 0 saturated carbocycles. The molecule has 0 N–H and O–H groups in total. The summed E-state index contributed by atoms with van der Waals surface area (Å²) in [6.45, 7) is 1.55. The largest absolute Gasteiger partial charge is 0.492 e. The summed E-state index contributed by atoms with van der Waals surface area (Å²) < 4.78 is 12.4. The number of hydrogen-bond donors (Lipinski definition) is 0. The van der Waals surface area contributed by atoms with Crippen molar-refractivity contribution in [2.75, 3.05) is 24.7 Å². The van der Waals surface area contributed by atoms with E-state index in [0.29, 0.717) is 10.5 Å². The van der Waals surface area contributed by atoms with E-state index in [1.165, 1.54) is 66.4 Å². The Morgan fingerprint density at radius 3 is 1.65 bits per heavy atom. The molecule has 6 aromatic carbocycles. The van der Waals surface area contributed by atoms with Gasteiger partial charge in [0.15, 0.2) is 0 Å². The standard InChI is InChI=1S/C39H30O2S2/c1-3-7-33-25(5-1)10-20-36-37(33)35-19-9-26-6-2-4-8-34(26)38(35)39(36,27-11-15-29(16-12-27)40-21-31-23-42-31)28-13-17-30(18-14-28)41-22-32-24-43-32/h1-20,31-32H,21-24H2. The van der Waals surface area contributed by atoms with Gasteiger partial charge in [0.2, 0.25) is 0 Å². The van der Waals surface area contributed by atoms with Crippen molar-refractivity contribution >= 4 is 45.1 Å². The van der Waals surface area contributed by atoms with E-state index in [-0.39, 0.29) is 0 Å². The number of thioether (sulfide) groups is 2. The molecule has 0 radical (unpaired) electrons. The van der Waals surface area contributed by atoms with Gasteiger partial charge in [-0.25, -0.2) is 0 Å². The van der Waals surface area contributed by atoms with Gasteiger partial charge in [0.1, 0.15) is 24.7 Å². The minimum atomic E-state index is -0.509. The highest BCUT2D eigenvalue weighted by molar-refractivity contribution is 8.07. The average Bonchev–Trinajstić information content (AvgIpc) is 4.01. The van der Waals surface area contributed by atoms with E-state index in [1.807, 2.05) is 23.5 Å². The Morgan fingerprint density at radius 1 is 0.558 bits per heavy atom. The molecule has 1 aliphatic carbocycles. The van der Waals surface area contributed by atoms with Crippen LogP contribution in [0.5, 0.6) is 11.5 Å². The minimum Gasteiger partial charge on any atom is -0.492 e. The smallest absolute Gasteiger partial charge is 0.119 e. The fourth-order valence-electron chi connectivity index (χ4n) is 6.97. The zero-order valence-electron chi connectivity index (χ0n) is 23.7. The lowest BCUT2D eigenvalue weighted by Crippen LogP contribution is -2.29. The number of ether oxygens (including phenoxy) is 2. The van der Waals surface area contributed by atoms with Gasteiger partial charge in [-0.1, -0.05) is 97.1 Å². The first-order valence-corrected chi connectivity index (χ1v) is 17.1. The second-order valence-electron chi connectivity index (χ2n) is 11.7. The van der Waals surface area contributed by atoms with Crippen LogP contribution in [-0.4, -0.2) is 35.2 Å². The zero-order valence-corrected chi connectivity index (χ0v) is 25.3. The second-order valence-corrected chi connectivity index (χ2v) is 14.4. The fraction of sp³-hybridized carbons (Fsp3) is 0.179. The van der Waals surface area contributed by atoms with E-state index in [9.17, 15) is 0 Å². The molecule has 2 saturated heterocycles. The van der Waals surface area contributed by atoms with Gasteiger partial charge in [-0.3, -0.25) is 0 Å². The number of benzene rings is 6. The maximum atomic E-state index is 6.18. The summed E-state index contributed by atoms with van der Waals surface area (Å²) in [5.41, 5.74) is 7.29. The topological polar surface area (TPSA) is 18.5 Å². The van der Waals surface area contributed by atoms with Crippen molar-refractivity contribution in [3.05, 3.63) is 144 Å². The molecule has 2 unspecified atom stereocenters. The van der Waals surface area contributed by atoms with Crippen LogP contribution < -0.4 is 9.47 Å². The van der Waals surface area contributed by atoms with Crippen LogP contribution in [0.1, 0.15) is 22.3 Å². The van der Waals surface area contributed by atoms with Crippen LogP contribution in [0.2, 0.25) is 0 Å². The summed E-state index contributed by atoms with van der Waals surface area (Å²) in [7, 11) is 0. The van der Waals surface area contributed by atoms with Crippen LogP contribution in [0.25, 0.3) is 32.7 Å². The number of fused-ring (bicyclic) bond motifs is 7. The van der Waals surface area contributed by atoms with Gasteiger partial charge in [0.25, 0.3) is 0 Å². The first-order valence-electron chi connectivity index (χ1n) is 15.0. The average molecular weight is 595 g/mol. The Kier molecular flexibility index (Phi) is 6.02. The van der Waals surface area contributed by atoms with E-state index in [4.69, 9.17) is 9.47 Å². The third-order valence-electron chi connectivity index (χ3n) is 9.16. The molecular weight excluding hydrogens is 565 g/mol. The van der Waals surface area contributed by atoms with Crippen LogP contribution in [0.4, 0.5) is 0 Å². The molecule has 4 heteroatoms. The van der Waals surface area contributed by atoms with E-state index < -0.39 is 5.41 Å². The molecule has 3 aliphatic rings. The van der Waals surface area contributed by atoms with Crippen molar-refractivity contribution in [1.29, 1.82) is 0 Å². The lowest BCUT2D eigenvalue weighted by atomic mass is 9.66. The van der Waals surface area contributed by atoms with Crippen LogP contribution >= 0.6 is 23.5 Å². The summed E-state index contributed by atoms with van der Waals surface area (Å²) in [5, 5.41) is 6.38. The quantitative estimate of drug-likeness (QED) is 0.163. The van der Waals surface area contributed by atoms with Gasteiger partial charge in [-0.15, -0.1) is 0 Å². The number of hydrogen-bond acceptors (Lipinski definition) is 4. The van der Waals surface area contributed by atoms with E-state index in [2.05, 4.69) is 121 Å². The van der Waals surface area contributed by atoms with E-state index in [0.717, 1.165) is 24.7 Å². The highest BCUT2D eigenvalue weighted by Gasteiger charge is 2.47. The van der Waals surface area contributed by atoms with E-state index >= 15 is 0 Å². The van der Waals surface area contributed by atoms with Gasteiger partial charge in [0, 0.05) is 22.0 Å². The normalized spacial score (nSPS) is 21.4. The maximum Gasteiger partial charge on any atom is 0.119 e. The molecule has 9 rings (SSSR count). The minimum absolute atomic E-state index is 0.509. The summed E-state index contributed by atoms with van der Waals surface area (Å²) in [4.78, 5) is 0. The van der Waals surface area contributed by atoms with Crippen molar-refractivity contribution in [2.24, 2.45) is 0 Å². The molecule has 2 atom stereocenters. The lowest BCUT2D eigenvalue weighted by Gasteiger charge is -2.35. The Hall–Kier alpha value is -3.86.